The van der Waals surface area contributed by atoms with Crippen LogP contribution in [0.5, 0.6) is 5.75 Å². The summed E-state index contributed by atoms with van der Waals surface area (Å²) in [6, 6.07) is 14.1. The first-order valence-corrected chi connectivity index (χ1v) is 9.45. The van der Waals surface area contributed by atoms with Crippen molar-refractivity contribution in [2.45, 2.75) is 65.9 Å². The Bertz CT molecular complexity index is 720. The van der Waals surface area contributed by atoms with Crippen LogP contribution in [0.1, 0.15) is 58.2 Å². The molecule has 1 N–H and O–H groups in total. The van der Waals surface area contributed by atoms with Crippen LogP contribution in [-0.4, -0.2) is 12.0 Å². The number of aryl methyl sites for hydroxylation is 2. The number of carbonyl (C=O) groups excluding carboxylic acids is 1. The highest BCUT2D eigenvalue weighted by atomic mass is 16.5. The minimum absolute atomic E-state index is 0.0991. The molecule has 0 saturated heterocycles. The largest absolute Gasteiger partial charge is 0.481 e. The van der Waals surface area contributed by atoms with E-state index in [0.29, 0.717) is 5.75 Å². The maximum absolute atomic E-state index is 12.6. The second kappa shape index (κ2) is 8.39. The summed E-state index contributed by atoms with van der Waals surface area (Å²) in [7, 11) is 0. The number of carbonyl (C=O) groups is 1. The molecule has 0 unspecified atom stereocenters. The zero-order valence-electron chi connectivity index (χ0n) is 16.8. The predicted molar refractivity (Wildman–Crippen MR) is 109 cm³/mol. The van der Waals surface area contributed by atoms with Crippen molar-refractivity contribution in [3.05, 3.63) is 59.2 Å². The van der Waals surface area contributed by atoms with Gasteiger partial charge in [-0.05, 0) is 54.0 Å². The maximum Gasteiger partial charge on any atom is 0.265 e. The van der Waals surface area contributed by atoms with Crippen LogP contribution in [0.4, 0.5) is 5.69 Å². The fraction of sp³-hybridized carbons (Fsp3) is 0.435. The molecule has 0 aliphatic rings. The summed E-state index contributed by atoms with van der Waals surface area (Å²) >= 11 is 0. The van der Waals surface area contributed by atoms with E-state index in [0.717, 1.165) is 29.7 Å². The van der Waals surface area contributed by atoms with Crippen LogP contribution in [0.3, 0.4) is 0 Å². The molecule has 0 radical (unpaired) electrons. The average molecular weight is 354 g/mol. The van der Waals surface area contributed by atoms with Crippen molar-refractivity contribution in [2.75, 3.05) is 5.32 Å². The predicted octanol–water partition coefficient (Wildman–Crippen LogP) is 5.51. The molecule has 2 aromatic rings. The molecule has 0 saturated carbocycles. The van der Waals surface area contributed by atoms with Gasteiger partial charge < -0.3 is 10.1 Å². The van der Waals surface area contributed by atoms with Crippen molar-refractivity contribution >= 4 is 11.6 Å². The van der Waals surface area contributed by atoms with E-state index in [9.17, 15) is 4.79 Å². The molecule has 1 amide bonds. The monoisotopic (exact) mass is 353 g/mol. The van der Waals surface area contributed by atoms with Crippen molar-refractivity contribution in [3.8, 4) is 5.75 Å². The summed E-state index contributed by atoms with van der Waals surface area (Å²) in [5.74, 6) is 0.584. The van der Waals surface area contributed by atoms with Crippen molar-refractivity contribution < 1.29 is 9.53 Å². The number of nitrogens with one attached hydrogen (secondary N) is 1. The van der Waals surface area contributed by atoms with Crippen molar-refractivity contribution in [2.24, 2.45) is 0 Å². The fourth-order valence-corrected chi connectivity index (χ4v) is 2.92. The summed E-state index contributed by atoms with van der Waals surface area (Å²) in [6.07, 6.45) is 1.20. The highest BCUT2D eigenvalue weighted by Crippen LogP contribution is 2.26. The molecule has 0 heterocycles. The van der Waals surface area contributed by atoms with E-state index in [1.807, 2.05) is 18.2 Å². The highest BCUT2D eigenvalue weighted by molar-refractivity contribution is 5.95. The number of anilines is 1. The molecule has 140 valence electrons. The lowest BCUT2D eigenvalue weighted by Crippen LogP contribution is -2.31. The number of para-hydroxylation sites is 1. The van der Waals surface area contributed by atoms with Crippen LogP contribution in [0.25, 0.3) is 0 Å². The molecule has 3 nitrogen and oxygen atoms in total. The first kappa shape index (κ1) is 20.0. The number of hydrogen-bond donors (Lipinski definition) is 1. The van der Waals surface area contributed by atoms with Crippen molar-refractivity contribution in [1.82, 2.24) is 0 Å². The van der Waals surface area contributed by atoms with E-state index in [-0.39, 0.29) is 11.3 Å². The number of rotatable bonds is 6. The zero-order chi connectivity index (χ0) is 19.3. The quantitative estimate of drug-likeness (QED) is 0.743. The van der Waals surface area contributed by atoms with E-state index in [2.05, 4.69) is 64.2 Å². The number of ether oxygens (including phenoxy) is 1. The van der Waals surface area contributed by atoms with Gasteiger partial charge in [0.1, 0.15) is 5.75 Å². The Morgan fingerprint density at radius 2 is 1.54 bits per heavy atom. The van der Waals surface area contributed by atoms with E-state index in [4.69, 9.17) is 4.74 Å². The minimum atomic E-state index is -0.565. The van der Waals surface area contributed by atoms with Crippen LogP contribution in [0.15, 0.2) is 42.5 Å². The summed E-state index contributed by atoms with van der Waals surface area (Å²) in [4.78, 5) is 12.6. The molecule has 1 atom stereocenters. The number of hydrogen-bond acceptors (Lipinski definition) is 2. The number of amides is 1. The standard InChI is InChI=1S/C23H31NO2/c1-7-17-10-9-11-18(8-2)21(17)24-22(25)16(3)26-20-14-12-19(13-15-20)23(4,5)6/h9-16H,7-8H2,1-6H3,(H,24,25)/t16-/m1/s1. The highest BCUT2D eigenvalue weighted by Gasteiger charge is 2.18. The van der Waals surface area contributed by atoms with Gasteiger partial charge in [-0.2, -0.15) is 0 Å². The summed E-state index contributed by atoms with van der Waals surface area (Å²) in [5, 5.41) is 3.07. The topological polar surface area (TPSA) is 38.3 Å². The van der Waals surface area contributed by atoms with Gasteiger partial charge in [0.15, 0.2) is 6.10 Å². The van der Waals surface area contributed by atoms with Crippen LogP contribution in [-0.2, 0) is 23.1 Å². The first-order valence-electron chi connectivity index (χ1n) is 9.45. The lowest BCUT2D eigenvalue weighted by molar-refractivity contribution is -0.122. The van der Waals surface area contributed by atoms with Gasteiger partial charge in [-0.25, -0.2) is 0 Å². The van der Waals surface area contributed by atoms with E-state index in [1.165, 1.54) is 5.56 Å². The molecule has 3 heteroatoms. The normalized spacial score (nSPS) is 12.5. The van der Waals surface area contributed by atoms with Crippen LogP contribution >= 0.6 is 0 Å². The van der Waals surface area contributed by atoms with Gasteiger partial charge in [0.05, 0.1) is 0 Å². The van der Waals surface area contributed by atoms with Gasteiger partial charge in [-0.3, -0.25) is 4.79 Å². The zero-order valence-corrected chi connectivity index (χ0v) is 16.8. The van der Waals surface area contributed by atoms with E-state index < -0.39 is 6.10 Å². The molecule has 0 aromatic heterocycles. The van der Waals surface area contributed by atoms with Crippen LogP contribution in [0.2, 0.25) is 0 Å². The maximum atomic E-state index is 12.6. The van der Waals surface area contributed by atoms with Crippen LogP contribution < -0.4 is 10.1 Å². The Labute approximate surface area is 157 Å². The average Bonchev–Trinajstić information content (AvgIpc) is 2.61. The van der Waals surface area contributed by atoms with Gasteiger partial charge in [0.2, 0.25) is 0 Å². The summed E-state index contributed by atoms with van der Waals surface area (Å²) < 4.78 is 5.85. The van der Waals surface area contributed by atoms with Gasteiger partial charge in [-0.1, -0.05) is 65.0 Å². The molecule has 2 aromatic carbocycles. The van der Waals surface area contributed by atoms with E-state index in [1.54, 1.807) is 6.92 Å². The Balaban J connectivity index is 2.09. The van der Waals surface area contributed by atoms with Gasteiger partial charge in [0.25, 0.3) is 5.91 Å². The van der Waals surface area contributed by atoms with Gasteiger partial charge >= 0.3 is 0 Å². The Morgan fingerprint density at radius 1 is 1.00 bits per heavy atom. The molecular formula is C23H31NO2. The SMILES string of the molecule is CCc1cccc(CC)c1NC(=O)[C@@H](C)Oc1ccc(C(C)(C)C)cc1. The van der Waals surface area contributed by atoms with E-state index >= 15 is 0 Å². The molecular weight excluding hydrogens is 322 g/mol. The smallest absolute Gasteiger partial charge is 0.265 e. The summed E-state index contributed by atoms with van der Waals surface area (Å²) in [5.41, 5.74) is 4.58. The Morgan fingerprint density at radius 3 is 2.00 bits per heavy atom. The second-order valence-electron chi connectivity index (χ2n) is 7.68. The van der Waals surface area contributed by atoms with Crippen LogP contribution in [0, 0.1) is 0 Å². The molecule has 0 fully saturated rings. The van der Waals surface area contributed by atoms with Crippen molar-refractivity contribution in [3.63, 3.8) is 0 Å². The third-order valence-electron chi connectivity index (χ3n) is 4.65. The van der Waals surface area contributed by atoms with Gasteiger partial charge in [0, 0.05) is 5.69 Å². The van der Waals surface area contributed by atoms with Crippen molar-refractivity contribution in [1.29, 1.82) is 0 Å². The molecule has 26 heavy (non-hydrogen) atoms. The lowest BCUT2D eigenvalue weighted by Gasteiger charge is -2.21. The second-order valence-corrected chi connectivity index (χ2v) is 7.68. The third-order valence-corrected chi connectivity index (χ3v) is 4.65. The summed E-state index contributed by atoms with van der Waals surface area (Å²) in [6.45, 7) is 12.5. The fourth-order valence-electron chi connectivity index (χ4n) is 2.92. The first-order chi connectivity index (χ1) is 12.3. The molecule has 0 aliphatic carbocycles. The minimum Gasteiger partial charge on any atom is -0.481 e. The van der Waals surface area contributed by atoms with Gasteiger partial charge in [-0.15, -0.1) is 0 Å². The molecule has 0 spiro atoms. The Hall–Kier alpha value is -2.29. The number of benzene rings is 2. The molecule has 2 rings (SSSR count). The molecule has 0 bridgehead atoms. The Kier molecular flexibility index (Phi) is 6.47. The lowest BCUT2D eigenvalue weighted by atomic mass is 9.87. The third kappa shape index (κ3) is 4.87. The molecule has 0 aliphatic heterocycles.